The molecule has 31 heavy (non-hydrogen) atoms. The zero-order chi connectivity index (χ0) is 21.3. The van der Waals surface area contributed by atoms with Gasteiger partial charge in [-0.25, -0.2) is 0 Å². The van der Waals surface area contributed by atoms with Crippen molar-refractivity contribution in [3.8, 4) is 0 Å². The normalized spacial score (nSPS) is 24.1. The summed E-state index contributed by atoms with van der Waals surface area (Å²) in [6, 6.07) is 10.9. The van der Waals surface area contributed by atoms with Crippen LogP contribution in [0.3, 0.4) is 0 Å². The number of benzene rings is 2. The van der Waals surface area contributed by atoms with Gasteiger partial charge in [-0.2, -0.15) is 0 Å². The predicted octanol–water partition coefficient (Wildman–Crippen LogP) is 4.51. The van der Waals surface area contributed by atoms with Crippen LogP contribution in [0.4, 0.5) is 0 Å². The monoisotopic (exact) mass is 408 g/mol. The Morgan fingerprint density at radius 1 is 0.581 bits per heavy atom. The second-order valence-electron chi connectivity index (χ2n) is 9.17. The lowest BCUT2D eigenvalue weighted by atomic mass is 9.78. The minimum atomic E-state index is -0.128. The molecule has 2 aromatic rings. The Labute approximate surface area is 179 Å². The molecule has 0 amide bonds. The molecule has 4 heteroatoms. The van der Waals surface area contributed by atoms with Gasteiger partial charge in [-0.3, -0.25) is 19.2 Å². The highest BCUT2D eigenvalue weighted by Gasteiger charge is 2.38. The maximum atomic E-state index is 13.2. The van der Waals surface area contributed by atoms with Crippen molar-refractivity contribution in [2.45, 2.75) is 32.1 Å². The first-order valence-electron chi connectivity index (χ1n) is 10.8. The Morgan fingerprint density at radius 2 is 1.03 bits per heavy atom. The first-order chi connectivity index (χ1) is 15.0. The number of fused-ring (bicyclic) bond motifs is 5. The van der Waals surface area contributed by atoms with E-state index in [0.717, 1.165) is 30.4 Å². The molecular weight excluding hydrogens is 388 g/mol. The molecule has 6 rings (SSSR count). The molecule has 4 aliphatic rings. The molecule has 2 atom stereocenters. The third-order valence-corrected chi connectivity index (χ3v) is 7.25. The van der Waals surface area contributed by atoms with Crippen LogP contribution in [-0.2, 0) is 12.8 Å². The van der Waals surface area contributed by atoms with E-state index in [1.54, 1.807) is 12.1 Å². The van der Waals surface area contributed by atoms with Gasteiger partial charge >= 0.3 is 0 Å². The molecule has 0 spiro atoms. The lowest BCUT2D eigenvalue weighted by molar-refractivity contribution is 0.0968. The van der Waals surface area contributed by atoms with Gasteiger partial charge in [-0.1, -0.05) is 24.3 Å². The molecule has 0 aliphatic heterocycles. The zero-order valence-electron chi connectivity index (χ0n) is 16.9. The Balaban J connectivity index is 1.42. The number of rotatable bonds is 0. The number of allylic oxidation sites excluding steroid dienone is 4. The second kappa shape index (κ2) is 6.55. The van der Waals surface area contributed by atoms with E-state index in [1.165, 1.54) is 12.2 Å². The van der Waals surface area contributed by atoms with Crippen molar-refractivity contribution < 1.29 is 19.2 Å². The molecule has 4 nitrogen and oxygen atoms in total. The molecule has 4 aliphatic carbocycles. The zero-order valence-corrected chi connectivity index (χ0v) is 16.9. The maximum absolute atomic E-state index is 13.2. The molecule has 0 aromatic heterocycles. The fraction of sp³-hybridized carbons (Fsp3) is 0.259. The van der Waals surface area contributed by atoms with Crippen molar-refractivity contribution in [1.82, 2.24) is 0 Å². The fourth-order valence-corrected chi connectivity index (χ4v) is 5.87. The molecule has 0 fully saturated rings. The molecule has 152 valence electrons. The van der Waals surface area contributed by atoms with Gasteiger partial charge < -0.3 is 0 Å². The molecule has 0 saturated carbocycles. The molecule has 0 radical (unpaired) electrons. The first-order valence-corrected chi connectivity index (χ1v) is 10.8. The summed E-state index contributed by atoms with van der Waals surface area (Å²) in [5.41, 5.74) is 5.58. The SMILES string of the molecule is O=C1C=CC(=O)c2cc3c(cc21)CC1CC2=C(CC(C3)C1)C(=O)c1ccccc1C2=O. The maximum Gasteiger partial charge on any atom is 0.190 e. The van der Waals surface area contributed by atoms with Gasteiger partial charge in [0.05, 0.1) is 0 Å². The predicted molar refractivity (Wildman–Crippen MR) is 115 cm³/mol. The minimum Gasteiger partial charge on any atom is -0.289 e. The lowest BCUT2D eigenvalue weighted by Gasteiger charge is -2.23. The van der Waals surface area contributed by atoms with E-state index < -0.39 is 0 Å². The number of hydrogen-bond donors (Lipinski definition) is 0. The lowest BCUT2D eigenvalue weighted by Crippen LogP contribution is -2.23. The number of carbonyl (C=O) groups is 4. The van der Waals surface area contributed by atoms with E-state index in [4.69, 9.17) is 0 Å². The summed E-state index contributed by atoms with van der Waals surface area (Å²) in [5.74, 6) is 0.210. The van der Waals surface area contributed by atoms with Crippen LogP contribution in [0.2, 0.25) is 0 Å². The number of ketones is 4. The van der Waals surface area contributed by atoms with E-state index in [-0.39, 0.29) is 35.0 Å². The molecule has 0 heterocycles. The van der Waals surface area contributed by atoms with Crippen LogP contribution >= 0.6 is 0 Å². The van der Waals surface area contributed by atoms with E-state index in [0.29, 0.717) is 46.2 Å². The van der Waals surface area contributed by atoms with Gasteiger partial charge in [-0.05, 0) is 79.4 Å². The quantitative estimate of drug-likeness (QED) is 0.643. The summed E-state index contributed by atoms with van der Waals surface area (Å²) in [6.07, 6.45) is 6.32. The van der Waals surface area contributed by atoms with Gasteiger partial charge in [0.15, 0.2) is 23.1 Å². The summed E-state index contributed by atoms with van der Waals surface area (Å²) < 4.78 is 0. The molecule has 0 N–H and O–H groups in total. The minimum absolute atomic E-state index is 0.00648. The molecule has 2 aromatic carbocycles. The number of hydrogen-bond acceptors (Lipinski definition) is 4. The summed E-state index contributed by atoms with van der Waals surface area (Å²) >= 11 is 0. The summed E-state index contributed by atoms with van der Waals surface area (Å²) in [6.45, 7) is 0. The molecule has 2 unspecified atom stereocenters. The Morgan fingerprint density at radius 3 is 1.48 bits per heavy atom. The first kappa shape index (κ1) is 18.4. The van der Waals surface area contributed by atoms with Gasteiger partial charge in [-0.15, -0.1) is 0 Å². The third-order valence-electron chi connectivity index (χ3n) is 7.25. The van der Waals surface area contributed by atoms with Crippen molar-refractivity contribution in [3.63, 3.8) is 0 Å². The number of carbonyl (C=O) groups excluding carboxylic acids is 4. The Kier molecular flexibility index (Phi) is 3.88. The smallest absolute Gasteiger partial charge is 0.190 e. The highest BCUT2D eigenvalue weighted by atomic mass is 16.1. The second-order valence-corrected chi connectivity index (χ2v) is 9.17. The van der Waals surface area contributed by atoms with E-state index in [2.05, 4.69) is 0 Å². The Bertz CT molecular complexity index is 1190. The fourth-order valence-electron chi connectivity index (χ4n) is 5.87. The van der Waals surface area contributed by atoms with Crippen molar-refractivity contribution in [3.05, 3.63) is 93.1 Å². The van der Waals surface area contributed by atoms with Crippen molar-refractivity contribution in [1.29, 1.82) is 0 Å². The van der Waals surface area contributed by atoms with Gasteiger partial charge in [0.1, 0.15) is 0 Å². The largest absolute Gasteiger partial charge is 0.289 e. The average Bonchev–Trinajstić information content (AvgIpc) is 3.06. The average molecular weight is 408 g/mol. The summed E-state index contributed by atoms with van der Waals surface area (Å²) in [5, 5.41) is 0. The van der Waals surface area contributed by atoms with Crippen molar-refractivity contribution in [2.75, 3.05) is 0 Å². The topological polar surface area (TPSA) is 68.3 Å². The van der Waals surface area contributed by atoms with E-state index in [1.807, 2.05) is 24.3 Å². The summed E-state index contributed by atoms with van der Waals surface area (Å²) in [7, 11) is 0. The molecule has 2 bridgehead atoms. The third kappa shape index (κ3) is 2.74. The Hall–Kier alpha value is -3.40. The van der Waals surface area contributed by atoms with Crippen LogP contribution in [-0.4, -0.2) is 23.1 Å². The van der Waals surface area contributed by atoms with Crippen LogP contribution in [0.5, 0.6) is 0 Å². The van der Waals surface area contributed by atoms with E-state index >= 15 is 0 Å². The van der Waals surface area contributed by atoms with Gasteiger partial charge in [0.25, 0.3) is 0 Å². The summed E-state index contributed by atoms with van der Waals surface area (Å²) in [4.78, 5) is 51.2. The molecular formula is C27H20O4. The highest BCUT2D eigenvalue weighted by Crippen LogP contribution is 2.43. The molecule has 0 saturated heterocycles. The van der Waals surface area contributed by atoms with Gasteiger partial charge in [0.2, 0.25) is 0 Å². The van der Waals surface area contributed by atoms with E-state index in [9.17, 15) is 19.2 Å². The van der Waals surface area contributed by atoms with Crippen LogP contribution in [0, 0.1) is 11.8 Å². The highest BCUT2D eigenvalue weighted by molar-refractivity contribution is 6.27. The van der Waals surface area contributed by atoms with Crippen LogP contribution < -0.4 is 0 Å². The standard InChI is InChI=1S/C27H20O4/c28-24-5-6-25(29)21-13-17-9-15-7-14(8-16(17)12-20(21)24)10-22-23(11-15)27(31)19-4-2-1-3-18(19)26(22)30/h1-6,12-15H,7-11H2. The van der Waals surface area contributed by atoms with Crippen molar-refractivity contribution >= 4 is 23.1 Å². The van der Waals surface area contributed by atoms with Crippen molar-refractivity contribution in [2.24, 2.45) is 11.8 Å². The van der Waals surface area contributed by atoms with Crippen LogP contribution in [0.15, 0.2) is 59.7 Å². The van der Waals surface area contributed by atoms with Crippen LogP contribution in [0.1, 0.15) is 71.8 Å². The van der Waals surface area contributed by atoms with Gasteiger partial charge in [0, 0.05) is 33.4 Å². The number of Topliss-reactive ketones (excluding diaryl/α,β-unsaturated/α-hetero) is 2. The van der Waals surface area contributed by atoms with Crippen LogP contribution in [0.25, 0.3) is 0 Å².